The van der Waals surface area contributed by atoms with Gasteiger partial charge in [0.15, 0.2) is 0 Å². The van der Waals surface area contributed by atoms with E-state index in [1.807, 2.05) is 6.07 Å². The number of rotatable bonds is 3. The van der Waals surface area contributed by atoms with Gasteiger partial charge in [-0.3, -0.25) is 0 Å². The predicted molar refractivity (Wildman–Crippen MR) is 71.7 cm³/mol. The van der Waals surface area contributed by atoms with Gasteiger partial charge >= 0.3 is 0 Å². The van der Waals surface area contributed by atoms with Crippen molar-refractivity contribution >= 4 is 22.4 Å². The molecule has 1 saturated heterocycles. The first-order valence-electron chi connectivity index (χ1n) is 5.61. The van der Waals surface area contributed by atoms with E-state index in [-0.39, 0.29) is 5.76 Å². The van der Waals surface area contributed by atoms with E-state index in [9.17, 15) is 9.32 Å². The van der Waals surface area contributed by atoms with Gasteiger partial charge in [-0.1, -0.05) is 6.58 Å². The number of hydrogen-bond donors (Lipinski definition) is 2. The molecule has 3 N–H and O–H groups in total. The number of hydrogen-bond acceptors (Lipinski definition) is 4. The third-order valence-electron chi connectivity index (χ3n) is 2.86. The number of nitrogens with zero attached hydrogens (tertiary/aromatic N) is 1. The minimum Gasteiger partial charge on any atom is -0.508 e. The van der Waals surface area contributed by atoms with Crippen molar-refractivity contribution in [2.45, 2.75) is 4.90 Å². The van der Waals surface area contributed by atoms with Crippen LogP contribution < -0.4 is 10.0 Å². The highest BCUT2D eigenvalue weighted by molar-refractivity contribution is 7.82. The molecule has 0 saturated carbocycles. The summed E-state index contributed by atoms with van der Waals surface area (Å²) in [6, 6.07) is 5.12. The van der Waals surface area contributed by atoms with E-state index in [1.54, 1.807) is 12.1 Å². The fourth-order valence-corrected chi connectivity index (χ4v) is 2.39. The number of ether oxygens (including phenoxy) is 1. The summed E-state index contributed by atoms with van der Waals surface area (Å²) in [4.78, 5) is 2.57. The van der Waals surface area contributed by atoms with Gasteiger partial charge in [0.05, 0.1) is 18.1 Å². The van der Waals surface area contributed by atoms with Crippen molar-refractivity contribution in [3.63, 3.8) is 0 Å². The van der Waals surface area contributed by atoms with Crippen molar-refractivity contribution in [3.05, 3.63) is 30.3 Å². The predicted octanol–water partition coefficient (Wildman–Crippen LogP) is 1.03. The molecule has 5 nitrogen and oxygen atoms in total. The molecule has 0 bridgehead atoms. The molecule has 98 valence electrons. The van der Waals surface area contributed by atoms with Crippen molar-refractivity contribution in [2.75, 3.05) is 31.2 Å². The monoisotopic (exact) mass is 268 g/mol. The maximum absolute atomic E-state index is 11.3. The Bertz CT molecular complexity index is 484. The third-order valence-corrected chi connectivity index (χ3v) is 3.58. The standard InChI is InChI=1S/C12H16N2O3S/c1-9(15)11-8-10(18(13)16)2-3-12(11)14-4-6-17-7-5-14/h2-3,8,15H,1,4-7,13H2. The van der Waals surface area contributed by atoms with Crippen LogP contribution in [0.3, 0.4) is 0 Å². The lowest BCUT2D eigenvalue weighted by Gasteiger charge is -2.30. The Balaban J connectivity index is 2.39. The molecular weight excluding hydrogens is 252 g/mol. The number of aliphatic hydroxyl groups excluding tert-OH is 1. The van der Waals surface area contributed by atoms with Crippen LogP contribution in [0.2, 0.25) is 0 Å². The van der Waals surface area contributed by atoms with Gasteiger partial charge in [0, 0.05) is 24.3 Å². The molecule has 1 aromatic carbocycles. The zero-order valence-corrected chi connectivity index (χ0v) is 10.8. The molecule has 0 aliphatic carbocycles. The Morgan fingerprint density at radius 2 is 2.11 bits per heavy atom. The second kappa shape index (κ2) is 5.51. The third kappa shape index (κ3) is 2.72. The Kier molecular flexibility index (Phi) is 4.00. The fourth-order valence-electron chi connectivity index (χ4n) is 1.95. The number of anilines is 1. The number of morpholine rings is 1. The van der Waals surface area contributed by atoms with Crippen LogP contribution in [-0.2, 0) is 15.7 Å². The first kappa shape index (κ1) is 13.1. The summed E-state index contributed by atoms with van der Waals surface area (Å²) in [6.45, 7) is 6.36. The van der Waals surface area contributed by atoms with E-state index in [0.29, 0.717) is 23.7 Å². The molecule has 0 amide bonds. The summed E-state index contributed by atoms with van der Waals surface area (Å²) in [7, 11) is -1.56. The Morgan fingerprint density at radius 1 is 1.44 bits per heavy atom. The van der Waals surface area contributed by atoms with Crippen LogP contribution >= 0.6 is 0 Å². The Labute approximate surface area is 108 Å². The van der Waals surface area contributed by atoms with Gasteiger partial charge in [-0.25, -0.2) is 9.35 Å². The SMILES string of the molecule is C=C(O)c1cc(S(N)=O)ccc1N1CCOCC1. The summed E-state index contributed by atoms with van der Waals surface area (Å²) in [5, 5.41) is 15.0. The second-order valence-electron chi connectivity index (χ2n) is 4.02. The highest BCUT2D eigenvalue weighted by Crippen LogP contribution is 2.27. The van der Waals surface area contributed by atoms with Crippen molar-refractivity contribution in [2.24, 2.45) is 5.14 Å². The van der Waals surface area contributed by atoms with Gasteiger partial charge in [-0.2, -0.15) is 0 Å². The minimum atomic E-state index is -1.56. The summed E-state index contributed by atoms with van der Waals surface area (Å²) < 4.78 is 16.5. The number of benzene rings is 1. The van der Waals surface area contributed by atoms with Gasteiger partial charge in [0.25, 0.3) is 0 Å². The molecule has 1 fully saturated rings. The Hall–Kier alpha value is -1.37. The van der Waals surface area contributed by atoms with Crippen LogP contribution in [0.25, 0.3) is 5.76 Å². The first-order valence-corrected chi connectivity index (χ1v) is 6.82. The lowest BCUT2D eigenvalue weighted by Crippen LogP contribution is -2.36. The van der Waals surface area contributed by atoms with E-state index in [0.717, 1.165) is 18.8 Å². The first-order chi connectivity index (χ1) is 8.59. The summed E-state index contributed by atoms with van der Waals surface area (Å²) in [5.74, 6) is -0.0520. The lowest BCUT2D eigenvalue weighted by atomic mass is 10.1. The molecule has 6 heteroatoms. The molecule has 1 atom stereocenters. The topological polar surface area (TPSA) is 75.8 Å². The highest BCUT2D eigenvalue weighted by Gasteiger charge is 2.17. The molecular formula is C12H16N2O3S. The van der Waals surface area contributed by atoms with Crippen LogP contribution in [0.1, 0.15) is 5.56 Å². The minimum absolute atomic E-state index is 0.0520. The van der Waals surface area contributed by atoms with E-state index < -0.39 is 11.0 Å². The van der Waals surface area contributed by atoms with Crippen LogP contribution in [-0.4, -0.2) is 35.6 Å². The van der Waals surface area contributed by atoms with Gasteiger partial charge < -0.3 is 14.7 Å². The molecule has 0 aromatic heterocycles. The smallest absolute Gasteiger partial charge is 0.122 e. The van der Waals surface area contributed by atoms with E-state index in [2.05, 4.69) is 11.5 Å². The van der Waals surface area contributed by atoms with Crippen LogP contribution in [0.4, 0.5) is 5.69 Å². The fraction of sp³-hybridized carbons (Fsp3) is 0.333. The van der Waals surface area contributed by atoms with Crippen molar-refractivity contribution in [3.8, 4) is 0 Å². The molecule has 0 radical (unpaired) electrons. The average molecular weight is 268 g/mol. The van der Waals surface area contributed by atoms with Gasteiger partial charge in [0.2, 0.25) is 0 Å². The second-order valence-corrected chi connectivity index (χ2v) is 5.09. The molecule has 2 rings (SSSR count). The van der Waals surface area contributed by atoms with E-state index in [1.165, 1.54) is 0 Å². The zero-order valence-electron chi connectivity index (χ0n) is 9.96. The van der Waals surface area contributed by atoms with E-state index >= 15 is 0 Å². The quantitative estimate of drug-likeness (QED) is 0.803. The van der Waals surface area contributed by atoms with Crippen LogP contribution in [0.5, 0.6) is 0 Å². The molecule has 18 heavy (non-hydrogen) atoms. The summed E-state index contributed by atoms with van der Waals surface area (Å²) in [5.41, 5.74) is 1.42. The average Bonchev–Trinajstić information content (AvgIpc) is 2.39. The van der Waals surface area contributed by atoms with Crippen LogP contribution in [0, 0.1) is 0 Å². The van der Waals surface area contributed by atoms with Crippen LogP contribution in [0.15, 0.2) is 29.7 Å². The van der Waals surface area contributed by atoms with Gasteiger partial charge in [0.1, 0.15) is 16.7 Å². The maximum atomic E-state index is 11.3. The van der Waals surface area contributed by atoms with E-state index in [4.69, 9.17) is 9.88 Å². The van der Waals surface area contributed by atoms with Crippen molar-refractivity contribution in [1.82, 2.24) is 0 Å². The summed E-state index contributed by atoms with van der Waals surface area (Å²) in [6.07, 6.45) is 0. The lowest BCUT2D eigenvalue weighted by molar-refractivity contribution is 0.122. The largest absolute Gasteiger partial charge is 0.508 e. The highest BCUT2D eigenvalue weighted by atomic mass is 32.2. The van der Waals surface area contributed by atoms with Crippen molar-refractivity contribution < 1.29 is 14.1 Å². The normalized spacial score (nSPS) is 17.5. The molecule has 1 aliphatic heterocycles. The zero-order chi connectivity index (χ0) is 13.1. The van der Waals surface area contributed by atoms with Gasteiger partial charge in [-0.15, -0.1) is 0 Å². The maximum Gasteiger partial charge on any atom is 0.122 e. The molecule has 1 heterocycles. The van der Waals surface area contributed by atoms with Gasteiger partial charge in [-0.05, 0) is 18.2 Å². The number of nitrogens with two attached hydrogens (primary N) is 1. The summed E-state index contributed by atoms with van der Waals surface area (Å²) >= 11 is 0. The van der Waals surface area contributed by atoms with Crippen molar-refractivity contribution in [1.29, 1.82) is 0 Å². The Morgan fingerprint density at radius 3 is 2.67 bits per heavy atom. The number of aliphatic hydroxyl groups is 1. The molecule has 0 spiro atoms. The molecule has 1 unspecified atom stereocenters. The molecule has 1 aromatic rings. The molecule has 1 aliphatic rings.